The molecule has 0 saturated carbocycles. The molecule has 222 valence electrons. The summed E-state index contributed by atoms with van der Waals surface area (Å²) in [6.45, 7) is 1.46. The molecule has 0 bridgehead atoms. The second-order valence-corrected chi connectivity index (χ2v) is 9.44. The lowest BCUT2D eigenvalue weighted by Gasteiger charge is -2.12. The molecule has 4 aromatic heterocycles. The maximum atomic E-state index is 12.5. The van der Waals surface area contributed by atoms with Gasteiger partial charge in [0.15, 0.2) is 6.10 Å². The summed E-state index contributed by atoms with van der Waals surface area (Å²) in [4.78, 5) is 49.2. The zero-order valence-electron chi connectivity index (χ0n) is 23.7. The van der Waals surface area contributed by atoms with Crippen LogP contribution in [0.15, 0.2) is 97.6 Å². The molecule has 0 fully saturated rings. The highest BCUT2D eigenvalue weighted by Gasteiger charge is 2.24. The molecule has 1 atom stereocenters. The number of carboxylic acids is 1. The zero-order valence-corrected chi connectivity index (χ0v) is 23.7. The number of para-hydroxylation sites is 2. The average Bonchev–Trinajstić information content (AvgIpc) is 3.61. The third-order valence-corrected chi connectivity index (χ3v) is 6.55. The number of H-pyrrole nitrogens is 2. The maximum Gasteiger partial charge on any atom is 0.357 e. The number of hydrogen-bond donors (Lipinski definition) is 5. The number of fused-ring (bicyclic) bond motifs is 2. The Bertz CT molecular complexity index is 1920. The number of benzene rings is 2. The molecule has 0 spiro atoms. The molecule has 44 heavy (non-hydrogen) atoms. The van der Waals surface area contributed by atoms with Crippen LogP contribution in [-0.2, 0) is 14.3 Å². The smallest absolute Gasteiger partial charge is 0.357 e. The van der Waals surface area contributed by atoms with Gasteiger partial charge in [0, 0.05) is 58.0 Å². The number of aromatic nitrogens is 4. The Morgan fingerprint density at radius 1 is 0.727 bits per heavy atom. The van der Waals surface area contributed by atoms with Gasteiger partial charge >= 0.3 is 17.9 Å². The largest absolute Gasteiger partial charge is 0.477 e. The molecule has 0 radical (unpaired) electrons. The summed E-state index contributed by atoms with van der Waals surface area (Å²) in [5.74, 6) is -2.26. The van der Waals surface area contributed by atoms with E-state index in [0.29, 0.717) is 11.4 Å². The van der Waals surface area contributed by atoms with Crippen molar-refractivity contribution in [2.24, 2.45) is 0 Å². The minimum atomic E-state index is -1.00. The number of pyridine rings is 2. The SMILES string of the molecule is COC(=O)[C@H](C)OC(=O)c1[nH]c2ccccc2c1Nc1ccncc1.O=C(O)c1[nH]c2ccccc2c1Nc1ccncc1. The van der Waals surface area contributed by atoms with Crippen LogP contribution in [0.2, 0.25) is 0 Å². The predicted octanol–water partition coefficient (Wildman–Crippen LogP) is 6.03. The van der Waals surface area contributed by atoms with Crippen LogP contribution in [-0.4, -0.2) is 56.2 Å². The lowest BCUT2D eigenvalue weighted by Crippen LogP contribution is -2.25. The molecular formula is C32H28N6O6. The number of aromatic amines is 2. The molecule has 4 heterocycles. The van der Waals surface area contributed by atoms with Crippen LogP contribution in [0.25, 0.3) is 21.8 Å². The van der Waals surface area contributed by atoms with Crippen LogP contribution in [0, 0.1) is 0 Å². The third-order valence-electron chi connectivity index (χ3n) is 6.55. The van der Waals surface area contributed by atoms with Gasteiger partial charge in [0.1, 0.15) is 11.4 Å². The Morgan fingerprint density at radius 3 is 1.66 bits per heavy atom. The van der Waals surface area contributed by atoms with E-state index in [1.807, 2.05) is 48.5 Å². The number of hydrogen-bond acceptors (Lipinski definition) is 9. The normalized spacial score (nSPS) is 11.2. The molecule has 12 heteroatoms. The van der Waals surface area contributed by atoms with E-state index in [1.165, 1.54) is 14.0 Å². The molecule has 0 saturated heterocycles. The van der Waals surface area contributed by atoms with Crippen molar-refractivity contribution in [3.8, 4) is 0 Å². The average molecular weight is 593 g/mol. The third kappa shape index (κ3) is 6.49. The van der Waals surface area contributed by atoms with Crippen LogP contribution >= 0.6 is 0 Å². The second kappa shape index (κ2) is 13.2. The zero-order chi connectivity index (χ0) is 31.1. The number of nitrogens with one attached hydrogen (secondary N) is 4. The number of aromatic carboxylic acids is 1. The van der Waals surface area contributed by atoms with Gasteiger partial charge in [0.05, 0.1) is 18.5 Å². The maximum absolute atomic E-state index is 12.5. The second-order valence-electron chi connectivity index (χ2n) is 9.44. The molecule has 0 aliphatic rings. The van der Waals surface area contributed by atoms with Crippen molar-refractivity contribution in [1.82, 2.24) is 19.9 Å². The van der Waals surface area contributed by atoms with E-state index in [2.05, 4.69) is 35.3 Å². The van der Waals surface area contributed by atoms with Gasteiger partial charge in [-0.25, -0.2) is 14.4 Å². The van der Waals surface area contributed by atoms with E-state index in [4.69, 9.17) is 4.74 Å². The van der Waals surface area contributed by atoms with Gasteiger partial charge in [-0.15, -0.1) is 0 Å². The number of nitrogens with zero attached hydrogens (tertiary/aromatic N) is 2. The molecule has 0 aliphatic carbocycles. The number of carbonyl (C=O) groups excluding carboxylic acids is 2. The van der Waals surface area contributed by atoms with Gasteiger partial charge in [0.2, 0.25) is 0 Å². The first kappa shape index (κ1) is 29.3. The molecule has 5 N–H and O–H groups in total. The fourth-order valence-electron chi connectivity index (χ4n) is 4.45. The van der Waals surface area contributed by atoms with Crippen molar-refractivity contribution in [2.75, 3.05) is 17.7 Å². The fourth-order valence-corrected chi connectivity index (χ4v) is 4.45. The highest BCUT2D eigenvalue weighted by Crippen LogP contribution is 2.32. The number of rotatable bonds is 8. The standard InChI is InChI=1S/C18H17N3O4.C14H11N3O2/c1-11(17(22)24-2)25-18(23)16-15(20-12-7-9-19-10-8-12)13-5-3-4-6-14(13)21-16;18-14(19)13-12(16-9-5-7-15-8-6-9)10-3-1-2-4-11(10)17-13/h3-11,21H,1-2H3,(H,19,20);1-8,17H,(H,15,16)(H,18,19)/t11-;/m0./s1. The van der Waals surface area contributed by atoms with E-state index in [1.54, 1.807) is 49.1 Å². The number of ether oxygens (including phenoxy) is 2. The van der Waals surface area contributed by atoms with Gasteiger partial charge in [-0.1, -0.05) is 36.4 Å². The van der Waals surface area contributed by atoms with Gasteiger partial charge in [-0.2, -0.15) is 0 Å². The highest BCUT2D eigenvalue weighted by molar-refractivity contribution is 6.08. The van der Waals surface area contributed by atoms with Gasteiger partial charge in [-0.3, -0.25) is 9.97 Å². The minimum Gasteiger partial charge on any atom is -0.477 e. The summed E-state index contributed by atoms with van der Waals surface area (Å²) < 4.78 is 9.78. The Hall–Kier alpha value is -6.17. The predicted molar refractivity (Wildman–Crippen MR) is 165 cm³/mol. The van der Waals surface area contributed by atoms with Crippen molar-refractivity contribution in [3.05, 3.63) is 109 Å². The monoisotopic (exact) mass is 592 g/mol. The van der Waals surface area contributed by atoms with Gasteiger partial charge in [0.25, 0.3) is 0 Å². The van der Waals surface area contributed by atoms with Crippen molar-refractivity contribution < 1.29 is 29.0 Å². The molecule has 6 aromatic rings. The number of methoxy groups -OCH3 is 1. The van der Waals surface area contributed by atoms with Crippen molar-refractivity contribution in [1.29, 1.82) is 0 Å². The topological polar surface area (TPSA) is 171 Å². The summed E-state index contributed by atoms with van der Waals surface area (Å²) in [6.07, 6.45) is 5.59. The Balaban J connectivity index is 0.000000181. The van der Waals surface area contributed by atoms with Crippen LogP contribution in [0.4, 0.5) is 22.7 Å². The van der Waals surface area contributed by atoms with Gasteiger partial charge < -0.3 is 35.2 Å². The minimum absolute atomic E-state index is 0.151. The summed E-state index contributed by atoms with van der Waals surface area (Å²) in [5.41, 5.74) is 4.65. The van der Waals surface area contributed by atoms with Crippen molar-refractivity contribution >= 4 is 62.5 Å². The molecular weight excluding hydrogens is 564 g/mol. The molecule has 0 amide bonds. The summed E-state index contributed by atoms with van der Waals surface area (Å²) in [7, 11) is 1.24. The summed E-state index contributed by atoms with van der Waals surface area (Å²) >= 11 is 0. The quantitative estimate of drug-likeness (QED) is 0.131. The molecule has 0 aliphatic heterocycles. The number of esters is 2. The van der Waals surface area contributed by atoms with E-state index < -0.39 is 24.0 Å². The van der Waals surface area contributed by atoms with Crippen molar-refractivity contribution in [3.63, 3.8) is 0 Å². The molecule has 0 unspecified atom stereocenters. The lowest BCUT2D eigenvalue weighted by atomic mass is 10.2. The first-order valence-electron chi connectivity index (χ1n) is 13.4. The number of carboxylic acid groups (broad SMARTS) is 1. The van der Waals surface area contributed by atoms with E-state index in [0.717, 1.165) is 33.2 Å². The first-order chi connectivity index (χ1) is 21.4. The first-order valence-corrected chi connectivity index (χ1v) is 13.4. The van der Waals surface area contributed by atoms with Crippen LogP contribution < -0.4 is 10.6 Å². The summed E-state index contributed by atoms with van der Waals surface area (Å²) in [6, 6.07) is 22.1. The summed E-state index contributed by atoms with van der Waals surface area (Å²) in [5, 5.41) is 17.3. The lowest BCUT2D eigenvalue weighted by molar-refractivity contribution is -0.149. The van der Waals surface area contributed by atoms with E-state index in [9.17, 15) is 19.5 Å². The molecule has 12 nitrogen and oxygen atoms in total. The highest BCUT2D eigenvalue weighted by atomic mass is 16.6. The van der Waals surface area contributed by atoms with E-state index >= 15 is 0 Å². The van der Waals surface area contributed by atoms with Crippen LogP contribution in [0.5, 0.6) is 0 Å². The van der Waals surface area contributed by atoms with Gasteiger partial charge in [-0.05, 0) is 43.3 Å². The van der Waals surface area contributed by atoms with Crippen molar-refractivity contribution in [2.45, 2.75) is 13.0 Å². The van der Waals surface area contributed by atoms with E-state index in [-0.39, 0.29) is 11.4 Å². The Labute approximate surface area is 251 Å². The Morgan fingerprint density at radius 2 is 1.18 bits per heavy atom. The molecule has 2 aromatic carbocycles. The number of anilines is 4. The molecule has 6 rings (SSSR count). The fraction of sp³-hybridized carbons (Fsp3) is 0.0938. The Kier molecular flexibility index (Phi) is 8.80. The number of carbonyl (C=O) groups is 3. The van der Waals surface area contributed by atoms with Crippen LogP contribution in [0.3, 0.4) is 0 Å². The van der Waals surface area contributed by atoms with Crippen LogP contribution in [0.1, 0.15) is 27.9 Å².